The van der Waals surface area contributed by atoms with Crippen molar-refractivity contribution in [2.24, 2.45) is 12.8 Å². The minimum atomic E-state index is -0.0594. The molecule has 1 atom stereocenters. The van der Waals surface area contributed by atoms with E-state index in [1.165, 1.54) is 16.7 Å². The van der Waals surface area contributed by atoms with E-state index in [1.54, 1.807) is 0 Å². The van der Waals surface area contributed by atoms with E-state index in [4.69, 9.17) is 17.3 Å². The van der Waals surface area contributed by atoms with Gasteiger partial charge in [-0.2, -0.15) is 5.10 Å². The molecule has 19 heavy (non-hydrogen) atoms. The van der Waals surface area contributed by atoms with Crippen molar-refractivity contribution in [1.82, 2.24) is 9.78 Å². The molecule has 2 aromatic heterocycles. The van der Waals surface area contributed by atoms with E-state index < -0.39 is 0 Å². The molecule has 1 unspecified atom stereocenters. The fraction of sp³-hybridized carbons (Fsp3) is 0.214. The van der Waals surface area contributed by atoms with Crippen LogP contribution in [0.2, 0.25) is 4.34 Å². The van der Waals surface area contributed by atoms with Crippen LogP contribution < -0.4 is 5.73 Å². The highest BCUT2D eigenvalue weighted by atomic mass is 35.5. The number of nitrogens with zero attached hydrogens (tertiary/aromatic N) is 2. The Kier molecular flexibility index (Phi) is 3.31. The maximum absolute atomic E-state index is 6.24. The number of rotatable bonds is 3. The maximum Gasteiger partial charge on any atom is 0.0931 e. The van der Waals surface area contributed by atoms with Crippen LogP contribution in [0.1, 0.15) is 16.6 Å². The molecule has 1 aromatic carbocycles. The van der Waals surface area contributed by atoms with Gasteiger partial charge >= 0.3 is 0 Å². The van der Waals surface area contributed by atoms with E-state index in [-0.39, 0.29) is 6.04 Å². The Hall–Kier alpha value is -1.36. The van der Waals surface area contributed by atoms with Gasteiger partial charge in [-0.3, -0.25) is 4.68 Å². The number of nitrogens with two attached hydrogens (primary N) is 1. The molecule has 0 saturated heterocycles. The molecule has 0 aliphatic rings. The van der Waals surface area contributed by atoms with Gasteiger partial charge in [-0.1, -0.05) is 29.8 Å². The Morgan fingerprint density at radius 1 is 1.32 bits per heavy atom. The normalized spacial score (nSPS) is 13.0. The average molecular weight is 292 g/mol. The van der Waals surface area contributed by atoms with Crippen LogP contribution in [0.25, 0.3) is 10.9 Å². The molecule has 2 N–H and O–H groups in total. The monoisotopic (exact) mass is 291 g/mol. The molecule has 2 heterocycles. The third-order valence-electron chi connectivity index (χ3n) is 3.21. The third kappa shape index (κ3) is 2.39. The number of fused-ring (bicyclic) bond motifs is 1. The molecule has 3 aromatic rings. The van der Waals surface area contributed by atoms with E-state index in [2.05, 4.69) is 17.2 Å². The Bertz CT molecular complexity index is 716. The van der Waals surface area contributed by atoms with Gasteiger partial charge in [0.2, 0.25) is 0 Å². The van der Waals surface area contributed by atoms with Crippen LogP contribution >= 0.6 is 22.9 Å². The zero-order valence-corrected chi connectivity index (χ0v) is 12.1. The molecule has 0 spiro atoms. The van der Waals surface area contributed by atoms with Crippen molar-refractivity contribution in [3.8, 4) is 0 Å². The van der Waals surface area contributed by atoms with Crippen LogP contribution in [0.15, 0.2) is 36.4 Å². The SMILES string of the molecule is Cn1nc(CC(N)c2ccc(Cl)s2)c2ccccc21. The predicted molar refractivity (Wildman–Crippen MR) is 80.7 cm³/mol. The van der Waals surface area contributed by atoms with Gasteiger partial charge in [0, 0.05) is 29.8 Å². The second-order valence-electron chi connectivity index (χ2n) is 4.54. The van der Waals surface area contributed by atoms with Crippen molar-refractivity contribution in [3.63, 3.8) is 0 Å². The van der Waals surface area contributed by atoms with Crippen molar-refractivity contribution in [3.05, 3.63) is 51.3 Å². The number of benzene rings is 1. The van der Waals surface area contributed by atoms with Crippen LogP contribution in [0, 0.1) is 0 Å². The smallest absolute Gasteiger partial charge is 0.0931 e. The van der Waals surface area contributed by atoms with Crippen molar-refractivity contribution < 1.29 is 0 Å². The van der Waals surface area contributed by atoms with Crippen LogP contribution in [-0.4, -0.2) is 9.78 Å². The van der Waals surface area contributed by atoms with E-state index in [9.17, 15) is 0 Å². The van der Waals surface area contributed by atoms with E-state index in [1.807, 2.05) is 36.0 Å². The Labute approximate surface area is 120 Å². The minimum absolute atomic E-state index is 0.0594. The summed E-state index contributed by atoms with van der Waals surface area (Å²) < 4.78 is 2.68. The summed E-state index contributed by atoms with van der Waals surface area (Å²) in [4.78, 5) is 1.10. The largest absolute Gasteiger partial charge is 0.323 e. The minimum Gasteiger partial charge on any atom is -0.323 e. The van der Waals surface area contributed by atoms with Crippen LogP contribution in [0.3, 0.4) is 0 Å². The summed E-state index contributed by atoms with van der Waals surface area (Å²) >= 11 is 7.48. The fourth-order valence-corrected chi connectivity index (χ4v) is 3.34. The first-order valence-electron chi connectivity index (χ1n) is 6.06. The summed E-state index contributed by atoms with van der Waals surface area (Å²) in [6.07, 6.45) is 0.720. The zero-order chi connectivity index (χ0) is 13.4. The number of thiophene rings is 1. The lowest BCUT2D eigenvalue weighted by Crippen LogP contribution is -2.12. The number of hydrogen-bond donors (Lipinski definition) is 1. The molecule has 0 aliphatic heterocycles. The third-order valence-corrected chi connectivity index (χ3v) is 4.57. The van der Waals surface area contributed by atoms with Crippen molar-refractivity contribution in [2.75, 3.05) is 0 Å². The molecular weight excluding hydrogens is 278 g/mol. The second-order valence-corrected chi connectivity index (χ2v) is 6.29. The van der Waals surface area contributed by atoms with Gasteiger partial charge in [0.1, 0.15) is 0 Å². The first-order chi connectivity index (χ1) is 9.15. The van der Waals surface area contributed by atoms with Crippen LogP contribution in [0.4, 0.5) is 0 Å². The van der Waals surface area contributed by atoms with Gasteiger partial charge in [0.05, 0.1) is 15.5 Å². The number of hydrogen-bond acceptors (Lipinski definition) is 3. The molecule has 5 heteroatoms. The van der Waals surface area contributed by atoms with Crippen LogP contribution in [0.5, 0.6) is 0 Å². The molecule has 3 rings (SSSR count). The Morgan fingerprint density at radius 3 is 2.84 bits per heavy atom. The molecule has 0 saturated carbocycles. The van der Waals surface area contributed by atoms with Crippen molar-refractivity contribution in [1.29, 1.82) is 0 Å². The van der Waals surface area contributed by atoms with Gasteiger partial charge in [0.25, 0.3) is 0 Å². The lowest BCUT2D eigenvalue weighted by atomic mass is 10.1. The molecule has 98 valence electrons. The molecular formula is C14H14ClN3S. The highest BCUT2D eigenvalue weighted by Crippen LogP contribution is 2.29. The zero-order valence-electron chi connectivity index (χ0n) is 10.5. The van der Waals surface area contributed by atoms with Gasteiger partial charge in [-0.25, -0.2) is 0 Å². The summed E-state index contributed by atoms with van der Waals surface area (Å²) in [6, 6.07) is 12.0. The van der Waals surface area contributed by atoms with Gasteiger partial charge in [-0.05, 0) is 18.2 Å². The van der Waals surface area contributed by atoms with E-state index in [0.717, 1.165) is 26.8 Å². The average Bonchev–Trinajstić information content (AvgIpc) is 2.96. The standard InChI is InChI=1S/C14H14ClN3S/c1-18-12-5-3-2-4-9(12)11(17-18)8-10(16)13-6-7-14(15)19-13/h2-7,10H,8,16H2,1H3. The highest BCUT2D eigenvalue weighted by molar-refractivity contribution is 7.16. The maximum atomic E-state index is 6.24. The summed E-state index contributed by atoms with van der Waals surface area (Å²) in [6.45, 7) is 0. The lowest BCUT2D eigenvalue weighted by molar-refractivity contribution is 0.691. The van der Waals surface area contributed by atoms with Crippen molar-refractivity contribution in [2.45, 2.75) is 12.5 Å². The molecule has 3 nitrogen and oxygen atoms in total. The summed E-state index contributed by atoms with van der Waals surface area (Å²) in [5.74, 6) is 0. The van der Waals surface area contributed by atoms with Gasteiger partial charge in [-0.15, -0.1) is 11.3 Å². The summed E-state index contributed by atoms with van der Waals surface area (Å²) in [7, 11) is 1.96. The summed E-state index contributed by atoms with van der Waals surface area (Å²) in [5, 5.41) is 5.74. The predicted octanol–water partition coefficient (Wildman–Crippen LogP) is 3.53. The second kappa shape index (κ2) is 4.96. The molecule has 0 fully saturated rings. The van der Waals surface area contributed by atoms with Crippen LogP contribution in [-0.2, 0) is 13.5 Å². The van der Waals surface area contributed by atoms with E-state index >= 15 is 0 Å². The molecule has 0 radical (unpaired) electrons. The highest BCUT2D eigenvalue weighted by Gasteiger charge is 2.14. The number of para-hydroxylation sites is 1. The quantitative estimate of drug-likeness (QED) is 0.802. The molecule has 0 amide bonds. The number of halogens is 1. The molecule has 0 bridgehead atoms. The summed E-state index contributed by atoms with van der Waals surface area (Å²) in [5.41, 5.74) is 8.41. The lowest BCUT2D eigenvalue weighted by Gasteiger charge is -2.07. The molecule has 0 aliphatic carbocycles. The van der Waals surface area contributed by atoms with Gasteiger partial charge < -0.3 is 5.73 Å². The van der Waals surface area contributed by atoms with E-state index in [0.29, 0.717) is 0 Å². The van der Waals surface area contributed by atoms with Crippen molar-refractivity contribution >= 4 is 33.8 Å². The van der Waals surface area contributed by atoms with Gasteiger partial charge in [0.15, 0.2) is 0 Å². The Morgan fingerprint density at radius 2 is 2.11 bits per heavy atom. The first-order valence-corrected chi connectivity index (χ1v) is 7.26. The number of aryl methyl sites for hydroxylation is 1. The topological polar surface area (TPSA) is 43.8 Å². The fourth-order valence-electron chi connectivity index (χ4n) is 2.28. The number of aromatic nitrogens is 2. The Balaban J connectivity index is 1.93. The first kappa shape index (κ1) is 12.7.